The van der Waals surface area contributed by atoms with E-state index in [1.165, 1.54) is 30.7 Å². The number of hydrogen-bond acceptors (Lipinski definition) is 5. The smallest absolute Gasteiger partial charge is 0.161 e. The first-order valence-electron chi connectivity index (χ1n) is 6.41. The molecule has 21 heavy (non-hydrogen) atoms. The van der Waals surface area contributed by atoms with Crippen LogP contribution in [0.5, 0.6) is 11.5 Å². The van der Waals surface area contributed by atoms with Gasteiger partial charge in [0.05, 0.1) is 22.6 Å². The summed E-state index contributed by atoms with van der Waals surface area (Å²) in [5.74, 6) is 1.55. The molecule has 0 fully saturated rings. The van der Waals surface area contributed by atoms with Crippen LogP contribution < -0.4 is 9.47 Å². The first-order valence-corrected chi connectivity index (χ1v) is 8.99. The number of ether oxygens (including phenoxy) is 2. The Morgan fingerprint density at radius 2 is 1.19 bits per heavy atom. The van der Waals surface area contributed by atoms with Crippen molar-refractivity contribution in [2.24, 2.45) is 0 Å². The largest absolute Gasteiger partial charge is 0.493 e. The quantitative estimate of drug-likeness (QED) is 0.474. The van der Waals surface area contributed by atoms with Gasteiger partial charge in [-0.2, -0.15) is 0 Å². The highest BCUT2D eigenvalue weighted by atomic mass is 32.2. The summed E-state index contributed by atoms with van der Waals surface area (Å²) in [4.78, 5) is 0. The van der Waals surface area contributed by atoms with Crippen molar-refractivity contribution in [2.45, 2.75) is 8.42 Å². The normalized spacial score (nSPS) is 12.1. The standard InChI is InChI=1S/C16H12O2S3/c1-17-13-7-11-9-3-5-19-15(9)21-16-10(4-6-20-16)12(11)8-14(13)18-2/h3-8H,1-2H3. The maximum absolute atomic E-state index is 5.48. The lowest BCUT2D eigenvalue weighted by Crippen LogP contribution is -1.93. The lowest BCUT2D eigenvalue weighted by Gasteiger charge is -2.13. The van der Waals surface area contributed by atoms with Crippen molar-refractivity contribution in [2.75, 3.05) is 14.2 Å². The Bertz CT molecular complexity index is 750. The highest BCUT2D eigenvalue weighted by Gasteiger charge is 2.24. The molecule has 3 aromatic rings. The Labute approximate surface area is 135 Å². The van der Waals surface area contributed by atoms with E-state index in [0.29, 0.717) is 0 Å². The predicted octanol–water partition coefficient (Wildman–Crippen LogP) is 5.63. The Balaban J connectivity index is 2.08. The minimum atomic E-state index is 0.775. The Kier molecular flexibility index (Phi) is 3.21. The fraction of sp³-hybridized carbons (Fsp3) is 0.125. The van der Waals surface area contributed by atoms with E-state index in [0.717, 1.165) is 11.5 Å². The van der Waals surface area contributed by atoms with E-state index in [4.69, 9.17) is 9.47 Å². The SMILES string of the molecule is COc1cc2c(cc1OC)-c1ccsc1Sc1sccc1-2. The highest BCUT2D eigenvalue weighted by Crippen LogP contribution is 2.53. The van der Waals surface area contributed by atoms with Crippen LogP contribution in [0.4, 0.5) is 0 Å². The summed E-state index contributed by atoms with van der Waals surface area (Å²) in [5, 5.41) is 4.30. The second-order valence-corrected chi connectivity index (χ2v) is 7.97. The van der Waals surface area contributed by atoms with Gasteiger partial charge >= 0.3 is 0 Å². The summed E-state index contributed by atoms with van der Waals surface area (Å²) in [6.07, 6.45) is 0. The number of thiophene rings is 2. The van der Waals surface area contributed by atoms with E-state index in [-0.39, 0.29) is 0 Å². The molecule has 1 aliphatic heterocycles. The van der Waals surface area contributed by atoms with Crippen LogP contribution in [0.1, 0.15) is 0 Å². The van der Waals surface area contributed by atoms with Gasteiger partial charge in [-0.3, -0.25) is 0 Å². The third-order valence-electron chi connectivity index (χ3n) is 3.55. The maximum atomic E-state index is 5.48. The van der Waals surface area contributed by atoms with Crippen LogP contribution in [0.2, 0.25) is 0 Å². The summed E-state index contributed by atoms with van der Waals surface area (Å²) in [7, 11) is 3.36. The van der Waals surface area contributed by atoms with Gasteiger partial charge in [-0.15, -0.1) is 22.7 Å². The Morgan fingerprint density at radius 3 is 1.62 bits per heavy atom. The molecule has 0 radical (unpaired) electrons. The van der Waals surface area contributed by atoms with E-state index in [2.05, 4.69) is 35.0 Å². The summed E-state index contributed by atoms with van der Waals surface area (Å²) < 4.78 is 13.6. The highest BCUT2D eigenvalue weighted by molar-refractivity contribution is 8.03. The molecule has 0 amide bonds. The van der Waals surface area contributed by atoms with E-state index in [1.54, 1.807) is 36.9 Å². The number of rotatable bonds is 2. The molecule has 0 aliphatic carbocycles. The monoisotopic (exact) mass is 332 g/mol. The molecule has 2 aromatic heterocycles. The summed E-state index contributed by atoms with van der Waals surface area (Å²) in [5.41, 5.74) is 5.00. The van der Waals surface area contributed by atoms with Gasteiger partial charge in [0.25, 0.3) is 0 Å². The zero-order valence-electron chi connectivity index (χ0n) is 11.5. The lowest BCUT2D eigenvalue weighted by atomic mass is 9.97. The molecule has 2 nitrogen and oxygen atoms in total. The molecule has 4 rings (SSSR count). The van der Waals surface area contributed by atoms with Crippen molar-refractivity contribution in [3.8, 4) is 33.8 Å². The van der Waals surface area contributed by atoms with Crippen LogP contribution >= 0.6 is 34.4 Å². The lowest BCUT2D eigenvalue weighted by molar-refractivity contribution is 0.355. The van der Waals surface area contributed by atoms with Crippen molar-refractivity contribution in [3.05, 3.63) is 35.0 Å². The van der Waals surface area contributed by atoms with Crippen molar-refractivity contribution in [3.63, 3.8) is 0 Å². The summed E-state index contributed by atoms with van der Waals surface area (Å²) in [6, 6.07) is 8.56. The fourth-order valence-electron chi connectivity index (χ4n) is 2.56. The molecule has 0 unspecified atom stereocenters. The Morgan fingerprint density at radius 1 is 0.714 bits per heavy atom. The molecule has 0 spiro atoms. The third kappa shape index (κ3) is 1.99. The van der Waals surface area contributed by atoms with E-state index in [1.807, 2.05) is 11.8 Å². The van der Waals surface area contributed by atoms with Crippen LogP contribution in [0, 0.1) is 0 Å². The van der Waals surface area contributed by atoms with Gasteiger partial charge in [0.15, 0.2) is 11.5 Å². The molecule has 1 aliphatic rings. The fourth-order valence-corrected chi connectivity index (χ4v) is 5.94. The van der Waals surface area contributed by atoms with Gasteiger partial charge in [-0.25, -0.2) is 0 Å². The minimum Gasteiger partial charge on any atom is -0.493 e. The van der Waals surface area contributed by atoms with Crippen molar-refractivity contribution < 1.29 is 9.47 Å². The predicted molar refractivity (Wildman–Crippen MR) is 90.3 cm³/mol. The van der Waals surface area contributed by atoms with Gasteiger partial charge in [0, 0.05) is 11.1 Å². The Hall–Kier alpha value is -1.43. The van der Waals surface area contributed by atoms with E-state index < -0.39 is 0 Å². The van der Waals surface area contributed by atoms with Crippen LogP contribution in [0.15, 0.2) is 43.4 Å². The van der Waals surface area contributed by atoms with Crippen molar-refractivity contribution in [1.29, 1.82) is 0 Å². The zero-order chi connectivity index (χ0) is 14.4. The molecule has 0 bridgehead atoms. The summed E-state index contributed by atoms with van der Waals surface area (Å²) in [6.45, 7) is 0. The van der Waals surface area contributed by atoms with Crippen LogP contribution in [-0.2, 0) is 0 Å². The van der Waals surface area contributed by atoms with Crippen LogP contribution in [0.25, 0.3) is 22.3 Å². The number of benzene rings is 1. The molecule has 0 N–H and O–H groups in total. The minimum absolute atomic E-state index is 0.775. The van der Waals surface area contributed by atoms with Gasteiger partial charge in [-0.1, -0.05) is 11.8 Å². The molecular formula is C16H12O2S3. The topological polar surface area (TPSA) is 18.5 Å². The average molecular weight is 332 g/mol. The van der Waals surface area contributed by atoms with Crippen LogP contribution in [-0.4, -0.2) is 14.2 Å². The molecule has 1 aromatic carbocycles. The average Bonchev–Trinajstić information content (AvgIpc) is 3.14. The molecule has 0 atom stereocenters. The molecule has 0 saturated heterocycles. The van der Waals surface area contributed by atoms with Crippen molar-refractivity contribution >= 4 is 34.4 Å². The van der Waals surface area contributed by atoms with Gasteiger partial charge < -0.3 is 9.47 Å². The second kappa shape index (κ2) is 5.09. The molecular weight excluding hydrogens is 320 g/mol. The van der Waals surface area contributed by atoms with Gasteiger partial charge in [0.2, 0.25) is 0 Å². The zero-order valence-corrected chi connectivity index (χ0v) is 14.0. The summed E-state index contributed by atoms with van der Waals surface area (Å²) >= 11 is 5.44. The molecule has 5 heteroatoms. The number of methoxy groups -OCH3 is 2. The van der Waals surface area contributed by atoms with Crippen molar-refractivity contribution in [1.82, 2.24) is 0 Å². The first kappa shape index (κ1) is 13.2. The van der Waals surface area contributed by atoms with Gasteiger partial charge in [0.1, 0.15) is 0 Å². The first-order chi connectivity index (χ1) is 10.3. The molecule has 3 heterocycles. The van der Waals surface area contributed by atoms with Gasteiger partial charge in [-0.05, 0) is 46.2 Å². The second-order valence-electron chi connectivity index (χ2n) is 4.60. The number of hydrogen-bond donors (Lipinski definition) is 0. The maximum Gasteiger partial charge on any atom is 0.161 e. The van der Waals surface area contributed by atoms with E-state index in [9.17, 15) is 0 Å². The molecule has 106 valence electrons. The molecule has 0 saturated carbocycles. The number of fused-ring (bicyclic) bond motifs is 5. The third-order valence-corrected chi connectivity index (χ3v) is 6.85. The van der Waals surface area contributed by atoms with Crippen LogP contribution in [0.3, 0.4) is 0 Å². The van der Waals surface area contributed by atoms with E-state index >= 15 is 0 Å².